The van der Waals surface area contributed by atoms with Gasteiger partial charge in [0.05, 0.1) is 5.02 Å². The molecule has 24 heavy (non-hydrogen) atoms. The number of rotatable bonds is 5. The lowest BCUT2D eigenvalue weighted by molar-refractivity contribution is 0.130. The molecule has 1 aromatic carbocycles. The molecular formula is C17H18ClN3O3. The van der Waals surface area contributed by atoms with E-state index in [2.05, 4.69) is 15.6 Å². The summed E-state index contributed by atoms with van der Waals surface area (Å²) < 4.78 is 5.63. The number of halogens is 1. The molecule has 0 spiro atoms. The van der Waals surface area contributed by atoms with Crippen molar-refractivity contribution in [3.05, 3.63) is 47.6 Å². The van der Waals surface area contributed by atoms with Gasteiger partial charge in [-0.05, 0) is 37.0 Å². The van der Waals surface area contributed by atoms with Crippen molar-refractivity contribution in [3.8, 4) is 11.6 Å². The Kier molecular flexibility index (Phi) is 5.17. The SMILES string of the molecule is O=C(Nc1ccnc(Oc2ccccc2Cl)c1)NC1CC(CO)C1. The van der Waals surface area contributed by atoms with Crippen LogP contribution in [0, 0.1) is 5.92 Å². The van der Waals surface area contributed by atoms with Crippen LogP contribution in [0.1, 0.15) is 12.8 Å². The van der Waals surface area contributed by atoms with Crippen LogP contribution in [0.3, 0.4) is 0 Å². The fraction of sp³-hybridized carbons (Fsp3) is 0.294. The maximum absolute atomic E-state index is 12.0. The molecule has 3 N–H and O–H groups in total. The van der Waals surface area contributed by atoms with Gasteiger partial charge in [0.1, 0.15) is 5.75 Å². The largest absolute Gasteiger partial charge is 0.437 e. The van der Waals surface area contributed by atoms with Crippen molar-refractivity contribution >= 4 is 23.3 Å². The normalized spacial score (nSPS) is 19.2. The number of carbonyl (C=O) groups is 1. The van der Waals surface area contributed by atoms with Gasteiger partial charge in [-0.1, -0.05) is 23.7 Å². The van der Waals surface area contributed by atoms with Gasteiger partial charge in [0.25, 0.3) is 0 Å². The zero-order chi connectivity index (χ0) is 16.9. The Bertz CT molecular complexity index is 720. The summed E-state index contributed by atoms with van der Waals surface area (Å²) in [5.41, 5.74) is 0.572. The average Bonchev–Trinajstić information content (AvgIpc) is 2.53. The molecule has 1 aliphatic carbocycles. The summed E-state index contributed by atoms with van der Waals surface area (Å²) in [5, 5.41) is 15.1. The molecule has 1 saturated carbocycles. The Labute approximate surface area is 144 Å². The molecule has 0 unspecified atom stereocenters. The monoisotopic (exact) mass is 347 g/mol. The number of carbonyl (C=O) groups excluding carboxylic acids is 1. The lowest BCUT2D eigenvalue weighted by Crippen LogP contribution is -2.46. The number of aliphatic hydroxyl groups is 1. The van der Waals surface area contributed by atoms with Crippen molar-refractivity contribution in [1.82, 2.24) is 10.3 Å². The summed E-state index contributed by atoms with van der Waals surface area (Å²) >= 11 is 6.05. The molecule has 0 bridgehead atoms. The maximum Gasteiger partial charge on any atom is 0.319 e. The first-order chi connectivity index (χ1) is 11.6. The second-order valence-electron chi connectivity index (χ2n) is 5.73. The molecule has 2 amide bonds. The van der Waals surface area contributed by atoms with Gasteiger partial charge in [0, 0.05) is 30.6 Å². The van der Waals surface area contributed by atoms with Crippen LogP contribution in [-0.4, -0.2) is 28.8 Å². The molecule has 1 heterocycles. The van der Waals surface area contributed by atoms with Crippen LogP contribution in [0.5, 0.6) is 11.6 Å². The second kappa shape index (κ2) is 7.51. The van der Waals surface area contributed by atoms with Crippen molar-refractivity contribution in [2.75, 3.05) is 11.9 Å². The molecule has 6 nitrogen and oxygen atoms in total. The molecule has 0 saturated heterocycles. The number of ether oxygens (including phenoxy) is 1. The minimum atomic E-state index is -0.286. The average molecular weight is 348 g/mol. The van der Waals surface area contributed by atoms with Crippen molar-refractivity contribution < 1.29 is 14.6 Å². The number of amides is 2. The smallest absolute Gasteiger partial charge is 0.319 e. The standard InChI is InChI=1S/C17H18ClN3O3/c18-14-3-1-2-4-15(14)24-16-9-12(5-6-19-16)20-17(23)21-13-7-11(8-13)10-22/h1-6,9,11,13,22H,7-8,10H2,(H2,19,20,21,23). The van der Waals surface area contributed by atoms with Crippen LogP contribution in [0.25, 0.3) is 0 Å². The first-order valence-electron chi connectivity index (χ1n) is 7.71. The fourth-order valence-electron chi connectivity index (χ4n) is 2.54. The molecule has 1 aromatic heterocycles. The van der Waals surface area contributed by atoms with Gasteiger partial charge in [0.2, 0.25) is 5.88 Å². The van der Waals surface area contributed by atoms with E-state index in [0.717, 1.165) is 12.8 Å². The molecule has 126 valence electrons. The van der Waals surface area contributed by atoms with E-state index in [-0.39, 0.29) is 18.7 Å². The minimum Gasteiger partial charge on any atom is -0.437 e. The van der Waals surface area contributed by atoms with E-state index in [1.807, 2.05) is 12.1 Å². The van der Waals surface area contributed by atoms with E-state index in [4.69, 9.17) is 21.4 Å². The fourth-order valence-corrected chi connectivity index (χ4v) is 2.71. The van der Waals surface area contributed by atoms with Crippen molar-refractivity contribution in [3.63, 3.8) is 0 Å². The van der Waals surface area contributed by atoms with Crippen molar-refractivity contribution in [2.45, 2.75) is 18.9 Å². The number of aliphatic hydroxyl groups excluding tert-OH is 1. The first kappa shape index (κ1) is 16.5. The lowest BCUT2D eigenvalue weighted by Gasteiger charge is -2.34. The Morgan fingerprint density at radius 3 is 2.88 bits per heavy atom. The highest BCUT2D eigenvalue weighted by atomic mass is 35.5. The maximum atomic E-state index is 12.0. The van der Waals surface area contributed by atoms with Crippen LogP contribution in [-0.2, 0) is 0 Å². The topological polar surface area (TPSA) is 83.5 Å². The third-order valence-electron chi connectivity index (χ3n) is 3.87. The number of anilines is 1. The molecule has 1 aliphatic rings. The van der Waals surface area contributed by atoms with Crippen LogP contribution in [0.15, 0.2) is 42.6 Å². The number of hydrogen-bond donors (Lipinski definition) is 3. The van der Waals surface area contributed by atoms with E-state index in [9.17, 15) is 4.79 Å². The number of para-hydroxylation sites is 1. The summed E-state index contributed by atoms with van der Waals surface area (Å²) in [6.07, 6.45) is 3.16. The molecule has 3 rings (SSSR count). The summed E-state index contributed by atoms with van der Waals surface area (Å²) in [6.45, 7) is 0.174. The molecule has 0 aliphatic heterocycles. The van der Waals surface area contributed by atoms with E-state index < -0.39 is 0 Å². The third kappa shape index (κ3) is 4.15. The highest BCUT2D eigenvalue weighted by Gasteiger charge is 2.29. The molecule has 7 heteroatoms. The van der Waals surface area contributed by atoms with Gasteiger partial charge in [-0.15, -0.1) is 0 Å². The van der Waals surface area contributed by atoms with Gasteiger partial charge < -0.3 is 20.5 Å². The molecule has 1 fully saturated rings. The molecular weight excluding hydrogens is 330 g/mol. The van der Waals surface area contributed by atoms with Gasteiger partial charge in [0.15, 0.2) is 0 Å². The number of benzene rings is 1. The van der Waals surface area contributed by atoms with Crippen LogP contribution in [0.4, 0.5) is 10.5 Å². The predicted molar refractivity (Wildman–Crippen MR) is 91.5 cm³/mol. The zero-order valence-corrected chi connectivity index (χ0v) is 13.7. The Morgan fingerprint density at radius 1 is 1.33 bits per heavy atom. The lowest BCUT2D eigenvalue weighted by atomic mass is 9.81. The van der Waals surface area contributed by atoms with E-state index in [1.165, 1.54) is 0 Å². The van der Waals surface area contributed by atoms with Crippen molar-refractivity contribution in [1.29, 1.82) is 0 Å². The van der Waals surface area contributed by atoms with E-state index >= 15 is 0 Å². The quantitative estimate of drug-likeness (QED) is 0.773. The Balaban J connectivity index is 1.57. The Hall–Kier alpha value is -2.31. The number of aromatic nitrogens is 1. The summed E-state index contributed by atoms with van der Waals surface area (Å²) in [5.74, 6) is 1.13. The number of hydrogen-bond acceptors (Lipinski definition) is 4. The summed E-state index contributed by atoms with van der Waals surface area (Å²) in [4.78, 5) is 16.1. The Morgan fingerprint density at radius 2 is 2.12 bits per heavy atom. The number of urea groups is 1. The van der Waals surface area contributed by atoms with Gasteiger partial charge in [-0.2, -0.15) is 0 Å². The number of pyridine rings is 1. The van der Waals surface area contributed by atoms with E-state index in [1.54, 1.807) is 30.5 Å². The van der Waals surface area contributed by atoms with Gasteiger partial charge in [-0.3, -0.25) is 0 Å². The second-order valence-corrected chi connectivity index (χ2v) is 6.14. The number of nitrogens with zero attached hydrogens (tertiary/aromatic N) is 1. The minimum absolute atomic E-state index is 0.114. The summed E-state index contributed by atoms with van der Waals surface area (Å²) in [6, 6.07) is 10.2. The summed E-state index contributed by atoms with van der Waals surface area (Å²) in [7, 11) is 0. The highest BCUT2D eigenvalue weighted by Crippen LogP contribution is 2.29. The van der Waals surface area contributed by atoms with Crippen LogP contribution >= 0.6 is 11.6 Å². The molecule has 0 atom stereocenters. The predicted octanol–water partition coefficient (Wildman–Crippen LogP) is 3.42. The molecule has 0 radical (unpaired) electrons. The molecule has 2 aromatic rings. The van der Waals surface area contributed by atoms with Crippen LogP contribution in [0.2, 0.25) is 5.02 Å². The third-order valence-corrected chi connectivity index (χ3v) is 4.19. The zero-order valence-electron chi connectivity index (χ0n) is 12.9. The van der Waals surface area contributed by atoms with Crippen molar-refractivity contribution in [2.24, 2.45) is 5.92 Å². The van der Waals surface area contributed by atoms with E-state index in [0.29, 0.717) is 28.3 Å². The van der Waals surface area contributed by atoms with Gasteiger partial charge in [-0.25, -0.2) is 9.78 Å². The first-order valence-corrected chi connectivity index (χ1v) is 8.08. The van der Waals surface area contributed by atoms with Crippen LogP contribution < -0.4 is 15.4 Å². The van der Waals surface area contributed by atoms with Gasteiger partial charge >= 0.3 is 6.03 Å². The highest BCUT2D eigenvalue weighted by molar-refractivity contribution is 6.32. The number of nitrogens with one attached hydrogen (secondary N) is 2.